The summed E-state index contributed by atoms with van der Waals surface area (Å²) in [6.07, 6.45) is 4.52. The highest BCUT2D eigenvalue weighted by atomic mass is 16.2. The maximum absolute atomic E-state index is 11.7. The van der Waals surface area contributed by atoms with E-state index in [9.17, 15) is 4.79 Å². The van der Waals surface area contributed by atoms with Crippen LogP contribution in [0.1, 0.15) is 18.9 Å². The van der Waals surface area contributed by atoms with E-state index in [1.54, 1.807) is 17.3 Å². The number of pyridine rings is 1. The predicted molar refractivity (Wildman–Crippen MR) is 63.9 cm³/mol. The third-order valence-corrected chi connectivity index (χ3v) is 2.30. The molecule has 0 aromatic carbocycles. The Balaban J connectivity index is 2.34. The Labute approximate surface area is 96.7 Å². The van der Waals surface area contributed by atoms with E-state index < -0.39 is 0 Å². The number of rotatable bonds is 6. The van der Waals surface area contributed by atoms with Gasteiger partial charge >= 0.3 is 0 Å². The van der Waals surface area contributed by atoms with E-state index >= 15 is 0 Å². The summed E-state index contributed by atoms with van der Waals surface area (Å²) >= 11 is 0. The van der Waals surface area contributed by atoms with Crippen molar-refractivity contribution in [1.29, 1.82) is 0 Å². The topological polar surface area (TPSA) is 45.2 Å². The van der Waals surface area contributed by atoms with Crippen molar-refractivity contribution in [1.82, 2.24) is 15.2 Å². The van der Waals surface area contributed by atoms with Crippen molar-refractivity contribution in [2.24, 2.45) is 0 Å². The van der Waals surface area contributed by atoms with Gasteiger partial charge in [0.15, 0.2) is 0 Å². The molecule has 88 valence electrons. The summed E-state index contributed by atoms with van der Waals surface area (Å²) in [6.45, 7) is 4.01. The summed E-state index contributed by atoms with van der Waals surface area (Å²) < 4.78 is 0. The second kappa shape index (κ2) is 6.95. The van der Waals surface area contributed by atoms with Crippen molar-refractivity contribution in [3.05, 3.63) is 30.1 Å². The van der Waals surface area contributed by atoms with Crippen LogP contribution in [0.25, 0.3) is 0 Å². The van der Waals surface area contributed by atoms with Gasteiger partial charge in [-0.25, -0.2) is 0 Å². The SMILES string of the molecule is CCCNCC(=O)N(C)Cc1ccncc1. The molecule has 1 aromatic rings. The zero-order chi connectivity index (χ0) is 11.8. The first-order valence-corrected chi connectivity index (χ1v) is 5.57. The summed E-state index contributed by atoms with van der Waals surface area (Å²) in [6, 6.07) is 3.84. The highest BCUT2D eigenvalue weighted by molar-refractivity contribution is 5.77. The molecule has 0 fully saturated rings. The first-order chi connectivity index (χ1) is 7.74. The number of likely N-dealkylation sites (N-methyl/N-ethyl adjacent to an activating group) is 1. The fourth-order valence-electron chi connectivity index (χ4n) is 1.36. The summed E-state index contributed by atoms with van der Waals surface area (Å²) in [5.74, 6) is 0.116. The zero-order valence-corrected chi connectivity index (χ0v) is 9.94. The van der Waals surface area contributed by atoms with Gasteiger partial charge in [-0.15, -0.1) is 0 Å². The summed E-state index contributed by atoms with van der Waals surface area (Å²) in [5.41, 5.74) is 1.10. The van der Waals surface area contributed by atoms with Crippen LogP contribution < -0.4 is 5.32 Å². The summed E-state index contributed by atoms with van der Waals surface area (Å²) in [5, 5.41) is 3.10. The van der Waals surface area contributed by atoms with Crippen LogP contribution in [0.4, 0.5) is 0 Å². The molecular weight excluding hydrogens is 202 g/mol. The van der Waals surface area contributed by atoms with E-state index in [1.165, 1.54) is 0 Å². The lowest BCUT2D eigenvalue weighted by Gasteiger charge is -2.17. The predicted octanol–water partition coefficient (Wildman–Crippen LogP) is 1.04. The van der Waals surface area contributed by atoms with Gasteiger partial charge in [-0.05, 0) is 30.7 Å². The Morgan fingerprint density at radius 3 is 2.75 bits per heavy atom. The van der Waals surface area contributed by atoms with Crippen LogP contribution in [-0.4, -0.2) is 35.9 Å². The monoisotopic (exact) mass is 221 g/mol. The van der Waals surface area contributed by atoms with Crippen molar-refractivity contribution < 1.29 is 4.79 Å². The Morgan fingerprint density at radius 2 is 2.12 bits per heavy atom. The van der Waals surface area contributed by atoms with Gasteiger partial charge in [0.25, 0.3) is 0 Å². The number of carbonyl (C=O) groups is 1. The average molecular weight is 221 g/mol. The Morgan fingerprint density at radius 1 is 1.44 bits per heavy atom. The highest BCUT2D eigenvalue weighted by Crippen LogP contribution is 2.00. The van der Waals surface area contributed by atoms with Crippen molar-refractivity contribution >= 4 is 5.91 Å². The van der Waals surface area contributed by atoms with Gasteiger partial charge in [-0.3, -0.25) is 9.78 Å². The third-order valence-electron chi connectivity index (χ3n) is 2.30. The molecular formula is C12H19N3O. The number of hydrogen-bond acceptors (Lipinski definition) is 3. The number of carbonyl (C=O) groups excluding carboxylic acids is 1. The number of nitrogens with one attached hydrogen (secondary N) is 1. The molecule has 0 aliphatic heterocycles. The Hall–Kier alpha value is -1.42. The molecule has 0 radical (unpaired) electrons. The molecule has 1 aromatic heterocycles. The van der Waals surface area contributed by atoms with Gasteiger partial charge in [0.2, 0.25) is 5.91 Å². The standard InChI is InChI=1S/C12H19N3O/c1-3-6-14-9-12(16)15(2)10-11-4-7-13-8-5-11/h4-5,7-8,14H,3,6,9-10H2,1-2H3. The van der Waals surface area contributed by atoms with E-state index in [4.69, 9.17) is 0 Å². The largest absolute Gasteiger partial charge is 0.340 e. The van der Waals surface area contributed by atoms with Gasteiger partial charge in [-0.1, -0.05) is 6.92 Å². The molecule has 1 amide bonds. The van der Waals surface area contributed by atoms with Crippen molar-refractivity contribution in [2.75, 3.05) is 20.1 Å². The number of nitrogens with zero attached hydrogens (tertiary/aromatic N) is 2. The van der Waals surface area contributed by atoms with Crippen molar-refractivity contribution in [3.63, 3.8) is 0 Å². The molecule has 16 heavy (non-hydrogen) atoms. The minimum Gasteiger partial charge on any atom is -0.340 e. The maximum atomic E-state index is 11.7. The van der Waals surface area contributed by atoms with Crippen molar-refractivity contribution in [2.45, 2.75) is 19.9 Å². The normalized spacial score (nSPS) is 10.1. The highest BCUT2D eigenvalue weighted by Gasteiger charge is 2.07. The Bertz CT molecular complexity index is 313. The van der Waals surface area contributed by atoms with Crippen LogP contribution in [-0.2, 0) is 11.3 Å². The van der Waals surface area contributed by atoms with Crippen LogP contribution in [0.3, 0.4) is 0 Å². The van der Waals surface area contributed by atoms with Crippen LogP contribution in [0, 0.1) is 0 Å². The quantitative estimate of drug-likeness (QED) is 0.730. The van der Waals surface area contributed by atoms with E-state index in [2.05, 4.69) is 17.2 Å². The average Bonchev–Trinajstić information content (AvgIpc) is 2.30. The van der Waals surface area contributed by atoms with Gasteiger partial charge < -0.3 is 10.2 Å². The van der Waals surface area contributed by atoms with E-state index in [0.29, 0.717) is 13.1 Å². The molecule has 4 nitrogen and oxygen atoms in total. The van der Waals surface area contributed by atoms with E-state index in [1.807, 2.05) is 19.2 Å². The fourth-order valence-corrected chi connectivity index (χ4v) is 1.36. The maximum Gasteiger partial charge on any atom is 0.236 e. The van der Waals surface area contributed by atoms with E-state index in [-0.39, 0.29) is 5.91 Å². The fraction of sp³-hybridized carbons (Fsp3) is 0.500. The number of hydrogen-bond donors (Lipinski definition) is 1. The van der Waals surface area contributed by atoms with Gasteiger partial charge in [0.05, 0.1) is 6.54 Å². The molecule has 1 heterocycles. The Kier molecular flexibility index (Phi) is 5.50. The first kappa shape index (κ1) is 12.6. The molecule has 0 aliphatic carbocycles. The van der Waals surface area contributed by atoms with Crippen LogP contribution in [0.15, 0.2) is 24.5 Å². The van der Waals surface area contributed by atoms with E-state index in [0.717, 1.165) is 18.5 Å². The summed E-state index contributed by atoms with van der Waals surface area (Å²) in [4.78, 5) is 17.3. The lowest BCUT2D eigenvalue weighted by molar-refractivity contribution is -0.129. The second-order valence-corrected chi connectivity index (χ2v) is 3.78. The smallest absolute Gasteiger partial charge is 0.236 e. The van der Waals surface area contributed by atoms with Crippen LogP contribution in [0.2, 0.25) is 0 Å². The van der Waals surface area contributed by atoms with Gasteiger partial charge in [0.1, 0.15) is 0 Å². The molecule has 0 unspecified atom stereocenters. The molecule has 1 N–H and O–H groups in total. The minimum atomic E-state index is 0.116. The van der Waals surface area contributed by atoms with Crippen LogP contribution in [0.5, 0.6) is 0 Å². The molecule has 0 spiro atoms. The summed E-state index contributed by atoms with van der Waals surface area (Å²) in [7, 11) is 1.82. The lowest BCUT2D eigenvalue weighted by Crippen LogP contribution is -2.35. The lowest BCUT2D eigenvalue weighted by atomic mass is 10.2. The first-order valence-electron chi connectivity index (χ1n) is 5.57. The third kappa shape index (κ3) is 4.40. The minimum absolute atomic E-state index is 0.116. The molecule has 0 bridgehead atoms. The van der Waals surface area contributed by atoms with Gasteiger partial charge in [-0.2, -0.15) is 0 Å². The van der Waals surface area contributed by atoms with Crippen molar-refractivity contribution in [3.8, 4) is 0 Å². The molecule has 0 aliphatic rings. The molecule has 0 atom stereocenters. The molecule has 1 rings (SSSR count). The molecule has 0 saturated carbocycles. The zero-order valence-electron chi connectivity index (χ0n) is 9.94. The van der Waals surface area contributed by atoms with Gasteiger partial charge in [0, 0.05) is 26.0 Å². The molecule has 4 heteroatoms. The molecule has 0 saturated heterocycles. The van der Waals surface area contributed by atoms with Crippen LogP contribution >= 0.6 is 0 Å². The number of aromatic nitrogens is 1. The number of amides is 1. The second-order valence-electron chi connectivity index (χ2n) is 3.78.